The van der Waals surface area contributed by atoms with Gasteiger partial charge in [-0.25, -0.2) is 9.97 Å². The Bertz CT molecular complexity index is 281. The Labute approximate surface area is 57.0 Å². The number of aromatic nitrogens is 4. The van der Waals surface area contributed by atoms with E-state index in [0.717, 1.165) is 10.9 Å². The van der Waals surface area contributed by atoms with E-state index in [2.05, 4.69) is 20.2 Å². The molecule has 0 fully saturated rings. The van der Waals surface area contributed by atoms with Crippen molar-refractivity contribution < 1.29 is 0 Å². The van der Waals surface area contributed by atoms with Gasteiger partial charge < -0.3 is 0 Å². The van der Waals surface area contributed by atoms with Crippen molar-refractivity contribution in [3.05, 3.63) is 24.9 Å². The summed E-state index contributed by atoms with van der Waals surface area (Å²) in [6, 6.07) is 0. The fourth-order valence-corrected chi connectivity index (χ4v) is 0.741. The first-order valence-corrected chi connectivity index (χ1v) is 2.83. The van der Waals surface area contributed by atoms with E-state index >= 15 is 0 Å². The van der Waals surface area contributed by atoms with Gasteiger partial charge in [-0.1, -0.05) is 0 Å². The second kappa shape index (κ2) is 1.98. The zero-order valence-electron chi connectivity index (χ0n) is 5.10. The van der Waals surface area contributed by atoms with E-state index in [-0.39, 0.29) is 0 Å². The predicted molar refractivity (Wildman–Crippen MR) is 35.1 cm³/mol. The fraction of sp³-hybridized carbons (Fsp3) is 0. The van der Waals surface area contributed by atoms with Crippen molar-refractivity contribution in [1.82, 2.24) is 20.2 Å². The quantitative estimate of drug-likeness (QED) is 0.521. The third kappa shape index (κ3) is 0.699. The maximum atomic E-state index is 3.97. The Morgan fingerprint density at radius 3 is 2.80 bits per heavy atom. The molecule has 2 rings (SSSR count). The lowest BCUT2D eigenvalue weighted by atomic mass is 10.4. The Balaban J connectivity index is 2.89. The lowest BCUT2D eigenvalue weighted by Crippen LogP contribution is -1.83. The van der Waals surface area contributed by atoms with Crippen molar-refractivity contribution in [2.24, 2.45) is 0 Å². The molecule has 10 heavy (non-hydrogen) atoms. The van der Waals surface area contributed by atoms with E-state index in [0.29, 0.717) is 0 Å². The maximum absolute atomic E-state index is 3.97. The van der Waals surface area contributed by atoms with Gasteiger partial charge in [0.05, 0.1) is 17.9 Å². The number of hydrogen-bond donors (Lipinski definition) is 0. The van der Waals surface area contributed by atoms with Crippen molar-refractivity contribution in [2.75, 3.05) is 0 Å². The zero-order chi connectivity index (χ0) is 6.81. The van der Waals surface area contributed by atoms with Crippen LogP contribution < -0.4 is 0 Å². The molecule has 2 aromatic rings. The van der Waals surface area contributed by atoms with Crippen LogP contribution in [0.1, 0.15) is 0 Å². The van der Waals surface area contributed by atoms with Gasteiger partial charge in [-0.05, 0) is 0 Å². The Morgan fingerprint density at radius 2 is 1.90 bits per heavy atom. The standard InChI is InChI=1S/C6H4N4/c1-5-2-9-10-3-6(5)8-4-7-1/h1-4H. The van der Waals surface area contributed by atoms with Crippen molar-refractivity contribution >= 4 is 10.9 Å². The van der Waals surface area contributed by atoms with Crippen LogP contribution in [-0.4, -0.2) is 20.2 Å². The molecular formula is C6H4N4. The van der Waals surface area contributed by atoms with Gasteiger partial charge in [0.2, 0.25) is 0 Å². The third-order valence-electron chi connectivity index (χ3n) is 1.22. The molecule has 2 heterocycles. The summed E-state index contributed by atoms with van der Waals surface area (Å²) in [5.74, 6) is 0. The van der Waals surface area contributed by atoms with Crippen molar-refractivity contribution in [3.8, 4) is 0 Å². The predicted octanol–water partition coefficient (Wildman–Crippen LogP) is 0.420. The second-order valence-electron chi connectivity index (χ2n) is 1.85. The molecule has 0 amide bonds. The number of fused-ring (bicyclic) bond motifs is 1. The first-order valence-electron chi connectivity index (χ1n) is 2.83. The van der Waals surface area contributed by atoms with Gasteiger partial charge in [0, 0.05) is 11.6 Å². The van der Waals surface area contributed by atoms with Crippen LogP contribution in [-0.2, 0) is 0 Å². The van der Waals surface area contributed by atoms with Crippen LogP contribution >= 0.6 is 0 Å². The summed E-state index contributed by atoms with van der Waals surface area (Å²) in [4.78, 5) is 7.80. The van der Waals surface area contributed by atoms with Gasteiger partial charge in [-0.15, -0.1) is 0 Å². The summed E-state index contributed by atoms with van der Waals surface area (Å²) in [5.41, 5.74) is 0.824. The summed E-state index contributed by atoms with van der Waals surface area (Å²) in [6.45, 7) is 0. The molecule has 4 nitrogen and oxygen atoms in total. The van der Waals surface area contributed by atoms with Crippen LogP contribution in [0.15, 0.2) is 24.9 Å². The third-order valence-corrected chi connectivity index (χ3v) is 1.22. The fourth-order valence-electron chi connectivity index (χ4n) is 0.741. The summed E-state index contributed by atoms with van der Waals surface area (Å²) in [7, 11) is 0. The van der Waals surface area contributed by atoms with E-state index in [1.807, 2.05) is 0 Å². The Morgan fingerprint density at radius 1 is 1.00 bits per heavy atom. The van der Waals surface area contributed by atoms with E-state index < -0.39 is 0 Å². The summed E-state index contributed by atoms with van der Waals surface area (Å²) in [6.07, 6.45) is 6.44. The molecular weight excluding hydrogens is 128 g/mol. The molecule has 0 aliphatic rings. The smallest absolute Gasteiger partial charge is 0.116 e. The highest BCUT2D eigenvalue weighted by atomic mass is 15.1. The molecule has 4 heteroatoms. The van der Waals surface area contributed by atoms with E-state index in [1.54, 1.807) is 18.6 Å². The van der Waals surface area contributed by atoms with Gasteiger partial charge >= 0.3 is 0 Å². The minimum absolute atomic E-state index is 0.824. The molecule has 0 N–H and O–H groups in total. The molecule has 0 radical (unpaired) electrons. The highest BCUT2D eigenvalue weighted by molar-refractivity contribution is 5.74. The van der Waals surface area contributed by atoms with Crippen molar-refractivity contribution in [2.45, 2.75) is 0 Å². The van der Waals surface area contributed by atoms with Crippen LogP contribution in [0.25, 0.3) is 10.9 Å². The topological polar surface area (TPSA) is 51.6 Å². The first-order chi connectivity index (χ1) is 4.97. The monoisotopic (exact) mass is 132 g/mol. The SMILES string of the molecule is c1ncc2cnncc2n1. The van der Waals surface area contributed by atoms with Crippen LogP contribution in [0.2, 0.25) is 0 Å². The molecule has 0 unspecified atom stereocenters. The normalized spacial score (nSPS) is 10.0. The highest BCUT2D eigenvalue weighted by Gasteiger charge is 1.89. The van der Waals surface area contributed by atoms with Gasteiger partial charge in [0.1, 0.15) is 6.33 Å². The molecule has 0 aliphatic heterocycles. The Hall–Kier alpha value is -1.58. The molecule has 0 aliphatic carbocycles. The summed E-state index contributed by atoms with van der Waals surface area (Å²) >= 11 is 0. The maximum Gasteiger partial charge on any atom is 0.116 e. The molecule has 2 aromatic heterocycles. The van der Waals surface area contributed by atoms with Gasteiger partial charge in [-0.3, -0.25) is 0 Å². The summed E-state index contributed by atoms with van der Waals surface area (Å²) < 4.78 is 0. The molecule has 0 saturated heterocycles. The van der Waals surface area contributed by atoms with Gasteiger partial charge in [0.15, 0.2) is 0 Å². The zero-order valence-corrected chi connectivity index (χ0v) is 5.10. The van der Waals surface area contributed by atoms with Crippen LogP contribution in [0.4, 0.5) is 0 Å². The van der Waals surface area contributed by atoms with Crippen molar-refractivity contribution in [3.63, 3.8) is 0 Å². The molecule has 0 atom stereocenters. The number of nitrogens with zero attached hydrogens (tertiary/aromatic N) is 4. The largest absolute Gasteiger partial charge is 0.244 e. The minimum Gasteiger partial charge on any atom is -0.244 e. The molecule has 0 spiro atoms. The summed E-state index contributed by atoms with van der Waals surface area (Å²) in [5, 5.41) is 8.27. The first kappa shape index (κ1) is 5.22. The highest BCUT2D eigenvalue weighted by Crippen LogP contribution is 2.02. The molecule has 0 aromatic carbocycles. The number of rotatable bonds is 0. The van der Waals surface area contributed by atoms with Gasteiger partial charge in [-0.2, -0.15) is 10.2 Å². The number of hydrogen-bond acceptors (Lipinski definition) is 4. The van der Waals surface area contributed by atoms with Crippen LogP contribution in [0.3, 0.4) is 0 Å². The second-order valence-corrected chi connectivity index (χ2v) is 1.85. The van der Waals surface area contributed by atoms with E-state index in [9.17, 15) is 0 Å². The minimum atomic E-state index is 0.824. The lowest BCUT2D eigenvalue weighted by molar-refractivity contribution is 1.04. The van der Waals surface area contributed by atoms with E-state index in [4.69, 9.17) is 0 Å². The lowest BCUT2D eigenvalue weighted by Gasteiger charge is -1.89. The van der Waals surface area contributed by atoms with Crippen LogP contribution in [0, 0.1) is 0 Å². The van der Waals surface area contributed by atoms with E-state index in [1.165, 1.54) is 6.33 Å². The molecule has 0 saturated carbocycles. The van der Waals surface area contributed by atoms with Crippen molar-refractivity contribution in [1.29, 1.82) is 0 Å². The molecule has 0 bridgehead atoms. The average Bonchev–Trinajstić information content (AvgIpc) is 2.05. The van der Waals surface area contributed by atoms with Crippen LogP contribution in [0.5, 0.6) is 0 Å². The Kier molecular flexibility index (Phi) is 1.04. The molecule has 48 valence electrons. The average molecular weight is 132 g/mol. The van der Waals surface area contributed by atoms with Gasteiger partial charge in [0.25, 0.3) is 0 Å².